The molecule has 12 rings (SSSR count). The van der Waals surface area contributed by atoms with Gasteiger partial charge in [0.1, 0.15) is 30.2 Å². The maximum absolute atomic E-state index is 12.2. The third-order valence-electron chi connectivity index (χ3n) is 15.5. The van der Waals surface area contributed by atoms with Gasteiger partial charge in [-0.25, -0.2) is 64.5 Å². The first-order chi connectivity index (χ1) is 47.1. The summed E-state index contributed by atoms with van der Waals surface area (Å²) in [5, 5.41) is 33.2. The molecular weight excluding hydrogens is 1310 g/mol. The molecule has 0 aromatic carbocycles. The minimum absolute atomic E-state index is 0.0475. The smallest absolute Gasteiger partial charge is 0.387 e. The van der Waals surface area contributed by atoms with Crippen LogP contribution in [0.5, 0.6) is 23.0 Å². The van der Waals surface area contributed by atoms with Gasteiger partial charge in [0.25, 0.3) is 11.6 Å². The molecule has 524 valence electrons. The fourth-order valence-corrected chi connectivity index (χ4v) is 11.0. The van der Waals surface area contributed by atoms with E-state index in [2.05, 4.69) is 111 Å². The van der Waals surface area contributed by atoms with Gasteiger partial charge in [-0.15, -0.1) is 0 Å². The number of urea groups is 1. The molecule has 1 aliphatic heterocycles. The van der Waals surface area contributed by atoms with Crippen LogP contribution in [0.1, 0.15) is 77.0 Å². The van der Waals surface area contributed by atoms with E-state index < -0.39 is 31.4 Å². The van der Waals surface area contributed by atoms with Gasteiger partial charge in [-0.1, -0.05) is 0 Å². The Labute approximate surface area is 553 Å². The Hall–Kier alpha value is -10.9. The van der Waals surface area contributed by atoms with Crippen molar-refractivity contribution >= 4 is 70.2 Å². The minimum atomic E-state index is -2.91. The predicted octanol–water partition coefficient (Wildman–Crippen LogP) is 9.01. The molecule has 11 N–H and O–H groups in total. The van der Waals surface area contributed by atoms with E-state index in [1.54, 1.807) is 37.5 Å². The Morgan fingerprint density at radius 3 is 1.05 bits per heavy atom. The lowest BCUT2D eigenvalue weighted by Gasteiger charge is -2.17. The van der Waals surface area contributed by atoms with Gasteiger partial charge in [0.05, 0.1) is 78.3 Å². The van der Waals surface area contributed by atoms with E-state index in [0.29, 0.717) is 52.8 Å². The Balaban J connectivity index is 0.000000156. The largest absolute Gasteiger partial charge is 0.432 e. The Bertz CT molecular complexity index is 3620. The van der Waals surface area contributed by atoms with Crippen molar-refractivity contribution in [3.05, 3.63) is 115 Å². The Morgan fingerprint density at radius 1 is 0.449 bits per heavy atom. The number of hydrogen-bond donors (Lipinski definition) is 9. The lowest BCUT2D eigenvalue weighted by Crippen LogP contribution is -2.31. The summed E-state index contributed by atoms with van der Waals surface area (Å²) in [4.78, 5) is 80.9. The van der Waals surface area contributed by atoms with Crippen molar-refractivity contribution in [2.75, 3.05) is 61.4 Å². The second kappa shape index (κ2) is 34.7. The number of nitrogens with zero attached hydrogens (tertiary/aromatic N) is 14. The van der Waals surface area contributed by atoms with Crippen LogP contribution in [0.4, 0.5) is 98.2 Å². The molecule has 4 saturated carbocycles. The molecule has 4 aliphatic carbocycles. The fraction of sp³-hybridized carbons (Fsp3) is 0.441. The number of halogens is 8. The van der Waals surface area contributed by atoms with Crippen LogP contribution in [0.2, 0.25) is 0 Å². The van der Waals surface area contributed by atoms with Gasteiger partial charge < -0.3 is 72.5 Å². The number of carbonyl (C=O) groups excluding carboxylic acids is 2. The van der Waals surface area contributed by atoms with Crippen LogP contribution in [0.25, 0.3) is 0 Å². The van der Waals surface area contributed by atoms with Crippen molar-refractivity contribution < 1.29 is 68.6 Å². The zero-order valence-electron chi connectivity index (χ0n) is 52.1. The number of pyridine rings is 3. The van der Waals surface area contributed by atoms with Crippen LogP contribution in [-0.4, -0.2) is 165 Å². The third kappa shape index (κ3) is 22.6. The van der Waals surface area contributed by atoms with E-state index >= 15 is 0 Å². The average molecular weight is 1380 g/mol. The molecule has 5 aliphatic rings. The van der Waals surface area contributed by atoms with Crippen molar-refractivity contribution in [2.24, 2.45) is 5.73 Å². The molecule has 0 unspecified atom stereocenters. The highest BCUT2D eigenvalue weighted by atomic mass is 19.3. The van der Waals surface area contributed by atoms with E-state index in [9.17, 15) is 54.8 Å². The highest BCUT2D eigenvalue weighted by molar-refractivity contribution is 6.19. The molecule has 7 aromatic heterocycles. The maximum atomic E-state index is 12.2. The Morgan fingerprint density at radius 2 is 0.776 bits per heavy atom. The quantitative estimate of drug-likeness (QED) is 0.0118. The van der Waals surface area contributed by atoms with E-state index in [1.807, 2.05) is 6.07 Å². The summed E-state index contributed by atoms with van der Waals surface area (Å²) in [5.41, 5.74) is 12.4. The number of nitro groups is 1. The number of likely N-dealkylation sites (N-methyl/N-ethyl adjacent to an activating group) is 1. The van der Waals surface area contributed by atoms with E-state index in [4.69, 9.17) is 11.5 Å². The van der Waals surface area contributed by atoms with E-state index in [-0.39, 0.29) is 89.5 Å². The van der Waals surface area contributed by atoms with Gasteiger partial charge in [-0.2, -0.15) is 35.1 Å². The molecule has 0 bridgehead atoms. The Kier molecular flexibility index (Phi) is 25.3. The fourth-order valence-electron chi connectivity index (χ4n) is 11.0. The molecule has 8 heterocycles. The SMILES string of the molecule is CN1CC(=O)N(c2ccc(N[C@H]3CC[C@H](Nc4ncc(OC(F)F)cn4)C3)nc2)C1=O.N[C@H]1CC[C@H](Nc2ncc(OC(F)F)cn2)C1.Nc1ccc(N[C@H]2CC[C@H](Nc3ncc(OC(F)F)cn3)C2)nc1.O=[N+]([O-])c1ccc(N[C@H]2CC[C@H](Nc3ncc(OC(F)F)cn3)C2)nc1. The zero-order chi connectivity index (χ0) is 69.7. The first-order valence-electron chi connectivity index (χ1n) is 30.6. The van der Waals surface area contributed by atoms with Crippen molar-refractivity contribution in [1.82, 2.24) is 59.7 Å². The minimum Gasteiger partial charge on any atom is -0.432 e. The first kappa shape index (κ1) is 71.4. The zero-order valence-corrected chi connectivity index (χ0v) is 52.1. The summed E-state index contributed by atoms with van der Waals surface area (Å²) in [5.74, 6) is 2.92. The molecule has 98 heavy (non-hydrogen) atoms. The number of rotatable bonds is 24. The van der Waals surface area contributed by atoms with Gasteiger partial charge in [0.15, 0.2) is 23.0 Å². The number of nitrogens with one attached hydrogen (secondary N) is 7. The molecule has 0 spiro atoms. The van der Waals surface area contributed by atoms with E-state index in [1.165, 1.54) is 72.9 Å². The van der Waals surface area contributed by atoms with Crippen molar-refractivity contribution in [3.8, 4) is 23.0 Å². The summed E-state index contributed by atoms with van der Waals surface area (Å²) >= 11 is 0. The predicted molar refractivity (Wildman–Crippen MR) is 339 cm³/mol. The molecule has 0 radical (unpaired) electrons. The van der Waals surface area contributed by atoms with Gasteiger partial charge >= 0.3 is 32.5 Å². The number of anilines is 9. The molecular formula is C59H69F8N23O8. The van der Waals surface area contributed by atoms with Gasteiger partial charge in [-0.3, -0.25) is 14.9 Å². The summed E-state index contributed by atoms with van der Waals surface area (Å²) in [6.07, 6.45) is 24.7. The van der Waals surface area contributed by atoms with Crippen LogP contribution in [0.15, 0.2) is 105 Å². The van der Waals surface area contributed by atoms with Crippen LogP contribution in [0.3, 0.4) is 0 Å². The molecule has 7 aromatic rings. The number of amides is 3. The molecule has 31 nitrogen and oxygen atoms in total. The summed E-state index contributed by atoms with van der Waals surface area (Å²) in [6.45, 7) is -11.5. The topological polar surface area (TPSA) is 399 Å². The van der Waals surface area contributed by atoms with Crippen LogP contribution in [0, 0.1) is 10.1 Å². The number of hydrogen-bond acceptors (Lipinski definition) is 28. The molecule has 5 fully saturated rings. The molecule has 3 amide bonds. The maximum Gasteiger partial charge on any atom is 0.387 e. The molecule has 39 heteroatoms. The van der Waals surface area contributed by atoms with Crippen molar-refractivity contribution in [2.45, 2.75) is 152 Å². The first-order valence-corrected chi connectivity index (χ1v) is 30.6. The average Bonchev–Trinajstić information content (AvgIpc) is 1.66. The van der Waals surface area contributed by atoms with Crippen LogP contribution < -0.4 is 72.5 Å². The third-order valence-corrected chi connectivity index (χ3v) is 15.5. The summed E-state index contributed by atoms with van der Waals surface area (Å²) in [7, 11) is 1.57. The van der Waals surface area contributed by atoms with Gasteiger partial charge in [0, 0.05) is 61.4 Å². The second-order valence-corrected chi connectivity index (χ2v) is 22.8. The normalized spacial score (nSPS) is 20.9. The highest BCUT2D eigenvalue weighted by Crippen LogP contribution is 2.30. The number of nitrogen functional groups attached to an aromatic ring is 1. The highest BCUT2D eigenvalue weighted by Gasteiger charge is 2.35. The number of imide groups is 1. The monoisotopic (exact) mass is 1380 g/mol. The second-order valence-electron chi connectivity index (χ2n) is 22.8. The number of alkyl halides is 8. The number of nitrogens with two attached hydrogens (primary N) is 2. The van der Waals surface area contributed by atoms with Crippen molar-refractivity contribution in [3.63, 3.8) is 0 Å². The number of aromatic nitrogens is 11. The van der Waals surface area contributed by atoms with Crippen LogP contribution >= 0.6 is 0 Å². The number of carbonyl (C=O) groups is 2. The van der Waals surface area contributed by atoms with Gasteiger partial charge in [0.2, 0.25) is 23.8 Å². The van der Waals surface area contributed by atoms with E-state index in [0.717, 1.165) is 87.8 Å². The van der Waals surface area contributed by atoms with Crippen molar-refractivity contribution in [1.29, 1.82) is 0 Å². The summed E-state index contributed by atoms with van der Waals surface area (Å²) in [6, 6.07) is 11.2. The van der Waals surface area contributed by atoms with Gasteiger partial charge in [-0.05, 0) is 107 Å². The number of ether oxygens (including phenoxy) is 4. The lowest BCUT2D eigenvalue weighted by molar-refractivity contribution is -0.385. The summed E-state index contributed by atoms with van der Waals surface area (Å²) < 4.78 is 113. The lowest BCUT2D eigenvalue weighted by atomic mass is 10.2. The van der Waals surface area contributed by atoms with Crippen LogP contribution in [-0.2, 0) is 4.79 Å². The molecule has 8 atom stereocenters. The molecule has 1 saturated heterocycles. The standard InChI is InChI=1S/C19H21F2N7O3.C15H16F2N6O3.C15H18F2N6O.C10H14F2N4O/c1-27-10-16(29)28(19(27)30)13-4-5-15(22-7-13)25-11-2-3-12(6-11)26-18-23-8-14(9-24-18)31-17(20)21;16-14(17)26-12-7-19-15(20-8-12)22-10-2-1-9(5-10)21-13-4-3-11(6-18-13)23(24)25;16-14(17)24-12-7-20-15(21-8-12)23-11-3-2-10(5-11)22-13-4-1-9(18)6-19-13;11-9(12)17-8-4-14-10(15-5-8)16-7-2-1-6(13)3-7/h4-5,7-9,11-12,17H,2-3,6,10H2,1H3,(H,22,25)(H,23,24,26);3-4,6-10,14H,1-2,5H2,(H,18,21)(H,19,20,22);1,4,6-8,10-11,14H,2-3,5,18H2,(H,19,22)(H,20,21,23);4-7,9H,1-3,13H2,(H,14,15,16)/t11-,12-;9-,10-;10-,11-;6-,7-/m0000/s1.